The minimum absolute atomic E-state index is 0.0617. The lowest BCUT2D eigenvalue weighted by atomic mass is 9.96. The lowest BCUT2D eigenvalue weighted by Gasteiger charge is -2.34. The first-order valence-corrected chi connectivity index (χ1v) is 12.4. The van der Waals surface area contributed by atoms with Gasteiger partial charge in [-0.2, -0.15) is 10.2 Å². The number of benzene rings is 2. The molecule has 0 saturated carbocycles. The molecule has 178 valence electrons. The molecule has 7 nitrogen and oxygen atoms in total. The van der Waals surface area contributed by atoms with E-state index in [0.29, 0.717) is 6.54 Å². The van der Waals surface area contributed by atoms with Gasteiger partial charge in [-0.25, -0.2) is 4.68 Å². The normalized spacial score (nSPS) is 17.7. The van der Waals surface area contributed by atoms with Gasteiger partial charge in [-0.05, 0) is 63.8 Å². The molecule has 0 unspecified atom stereocenters. The van der Waals surface area contributed by atoms with Crippen molar-refractivity contribution in [1.29, 1.82) is 0 Å². The minimum atomic E-state index is -0.0617. The Morgan fingerprint density at radius 1 is 0.971 bits per heavy atom. The van der Waals surface area contributed by atoms with Crippen LogP contribution in [-0.4, -0.2) is 45.5 Å². The molecule has 7 heteroatoms. The fraction of sp³-hybridized carbons (Fsp3) is 0.357. The van der Waals surface area contributed by atoms with Crippen molar-refractivity contribution in [2.45, 2.75) is 40.0 Å². The van der Waals surface area contributed by atoms with Crippen molar-refractivity contribution in [3.8, 4) is 5.69 Å². The number of hydrogen-bond donors (Lipinski definition) is 0. The third-order valence-electron chi connectivity index (χ3n) is 7.49. The number of aromatic nitrogens is 4. The van der Waals surface area contributed by atoms with Crippen molar-refractivity contribution in [2.24, 2.45) is 5.92 Å². The third kappa shape index (κ3) is 3.66. The Bertz CT molecular complexity index is 1420. The number of carbonyl (C=O) groups is 1. The molecule has 0 radical (unpaired) electrons. The summed E-state index contributed by atoms with van der Waals surface area (Å²) in [7, 11) is 0. The summed E-state index contributed by atoms with van der Waals surface area (Å²) in [6, 6.07) is 16.6. The molecule has 1 saturated heterocycles. The van der Waals surface area contributed by atoms with E-state index in [1.165, 1.54) is 11.1 Å². The average molecular weight is 467 g/mol. The highest BCUT2D eigenvalue weighted by atomic mass is 16.2. The smallest absolute Gasteiger partial charge is 0.231 e. The van der Waals surface area contributed by atoms with E-state index in [0.717, 1.165) is 71.8 Å². The van der Waals surface area contributed by atoms with Gasteiger partial charge in [0.05, 0.1) is 28.4 Å². The number of para-hydroxylation sites is 1. The van der Waals surface area contributed by atoms with Crippen LogP contribution in [0.4, 0.5) is 11.5 Å². The number of nitrogens with zero attached hydrogens (tertiary/aromatic N) is 6. The van der Waals surface area contributed by atoms with E-state index in [1.54, 1.807) is 0 Å². The molecule has 0 aliphatic carbocycles. The van der Waals surface area contributed by atoms with E-state index in [1.807, 2.05) is 28.6 Å². The first-order valence-electron chi connectivity index (χ1n) is 12.4. The summed E-state index contributed by atoms with van der Waals surface area (Å²) in [4.78, 5) is 17.8. The first-order chi connectivity index (χ1) is 17.0. The van der Waals surface area contributed by atoms with Gasteiger partial charge in [0.1, 0.15) is 5.52 Å². The van der Waals surface area contributed by atoms with Crippen LogP contribution in [0.1, 0.15) is 35.4 Å². The number of carbonyl (C=O) groups excluding carboxylic acids is 1. The zero-order chi connectivity index (χ0) is 24.1. The van der Waals surface area contributed by atoms with Gasteiger partial charge in [-0.15, -0.1) is 5.10 Å². The zero-order valence-electron chi connectivity index (χ0n) is 20.5. The number of aryl methyl sites for hydroxylation is 3. The van der Waals surface area contributed by atoms with Crippen LogP contribution >= 0.6 is 0 Å². The third-order valence-corrected chi connectivity index (χ3v) is 7.49. The summed E-state index contributed by atoms with van der Waals surface area (Å²) in [5.74, 6) is 0.935. The van der Waals surface area contributed by atoms with Gasteiger partial charge >= 0.3 is 0 Å². The number of piperidine rings is 1. The lowest BCUT2D eigenvalue weighted by Crippen LogP contribution is -2.45. The molecule has 2 aromatic carbocycles. The standard InChI is InChI=1S/C28H30N6O/c1-18-10-12-23(13-11-18)34-20(3)25-19(2)29-30-27(26(25)31-34)32-15-6-8-22(17-32)28(35)33-16-14-21-7-4-5-9-24(21)33/h4-5,7,9-13,22H,6,8,14-17H2,1-3H3/t22-/m1/s1. The summed E-state index contributed by atoms with van der Waals surface area (Å²) < 4.78 is 1.98. The first kappa shape index (κ1) is 21.8. The van der Waals surface area contributed by atoms with Gasteiger partial charge in [0.15, 0.2) is 5.82 Å². The van der Waals surface area contributed by atoms with Gasteiger partial charge in [0.25, 0.3) is 0 Å². The number of fused-ring (bicyclic) bond motifs is 2. The van der Waals surface area contributed by atoms with Crippen LogP contribution < -0.4 is 9.80 Å². The lowest BCUT2D eigenvalue weighted by molar-refractivity contribution is -0.122. The van der Waals surface area contributed by atoms with Crippen LogP contribution in [0, 0.1) is 26.7 Å². The second kappa shape index (κ2) is 8.48. The Hall–Kier alpha value is -3.74. The Kier molecular flexibility index (Phi) is 5.28. The second-order valence-corrected chi connectivity index (χ2v) is 9.82. The van der Waals surface area contributed by atoms with E-state index in [9.17, 15) is 4.79 Å². The molecule has 4 aromatic rings. The molecule has 2 aliphatic rings. The van der Waals surface area contributed by atoms with Crippen LogP contribution in [0.3, 0.4) is 0 Å². The average Bonchev–Trinajstić information content (AvgIpc) is 3.46. The van der Waals surface area contributed by atoms with Crippen molar-refractivity contribution in [2.75, 3.05) is 29.4 Å². The highest BCUT2D eigenvalue weighted by Crippen LogP contribution is 2.34. The quantitative estimate of drug-likeness (QED) is 0.443. The van der Waals surface area contributed by atoms with Crippen molar-refractivity contribution in [3.05, 3.63) is 71.0 Å². The molecule has 35 heavy (non-hydrogen) atoms. The molecule has 0 N–H and O–H groups in total. The summed E-state index contributed by atoms with van der Waals surface area (Å²) in [5, 5.41) is 15.1. The molecule has 1 atom stereocenters. The molecule has 0 spiro atoms. The number of anilines is 2. The van der Waals surface area contributed by atoms with Gasteiger partial charge in [-0.3, -0.25) is 4.79 Å². The molecular weight excluding hydrogens is 436 g/mol. The van der Waals surface area contributed by atoms with E-state index >= 15 is 0 Å². The largest absolute Gasteiger partial charge is 0.352 e. The van der Waals surface area contributed by atoms with Crippen LogP contribution in [-0.2, 0) is 11.2 Å². The van der Waals surface area contributed by atoms with Crippen molar-refractivity contribution >= 4 is 28.3 Å². The Balaban J connectivity index is 1.33. The van der Waals surface area contributed by atoms with Crippen LogP contribution in [0.25, 0.3) is 16.6 Å². The Morgan fingerprint density at radius 3 is 2.60 bits per heavy atom. The van der Waals surface area contributed by atoms with Crippen molar-refractivity contribution in [1.82, 2.24) is 20.0 Å². The maximum atomic E-state index is 13.6. The molecule has 0 bridgehead atoms. The molecule has 1 fully saturated rings. The molecule has 1 amide bonds. The fourth-order valence-corrected chi connectivity index (χ4v) is 5.62. The minimum Gasteiger partial charge on any atom is -0.352 e. The fourth-order valence-electron chi connectivity index (χ4n) is 5.62. The molecule has 4 heterocycles. The van der Waals surface area contributed by atoms with Crippen LogP contribution in [0.15, 0.2) is 48.5 Å². The van der Waals surface area contributed by atoms with Gasteiger partial charge in [0, 0.05) is 25.3 Å². The van der Waals surface area contributed by atoms with Crippen molar-refractivity contribution < 1.29 is 4.79 Å². The summed E-state index contributed by atoms with van der Waals surface area (Å²) in [6.07, 6.45) is 2.77. The molecular formula is C28H30N6O. The van der Waals surface area contributed by atoms with E-state index in [2.05, 4.69) is 65.3 Å². The number of rotatable bonds is 3. The summed E-state index contributed by atoms with van der Waals surface area (Å²) >= 11 is 0. The summed E-state index contributed by atoms with van der Waals surface area (Å²) in [6.45, 7) is 8.41. The van der Waals surface area contributed by atoms with Gasteiger partial charge < -0.3 is 9.80 Å². The maximum absolute atomic E-state index is 13.6. The SMILES string of the molecule is Cc1ccc(-n2nc3c(N4CCC[C@@H](C(=O)N5CCc6ccccc65)C4)nnc(C)c3c2C)cc1. The molecule has 6 rings (SSSR count). The predicted molar refractivity (Wildman–Crippen MR) is 138 cm³/mol. The molecule has 2 aromatic heterocycles. The maximum Gasteiger partial charge on any atom is 0.231 e. The van der Waals surface area contributed by atoms with Crippen LogP contribution in [0.2, 0.25) is 0 Å². The predicted octanol–water partition coefficient (Wildman–Crippen LogP) is 4.55. The second-order valence-electron chi connectivity index (χ2n) is 9.82. The topological polar surface area (TPSA) is 67.2 Å². The van der Waals surface area contributed by atoms with Gasteiger partial charge in [0.2, 0.25) is 5.91 Å². The monoisotopic (exact) mass is 466 g/mol. The number of amides is 1. The van der Waals surface area contributed by atoms with Crippen LogP contribution in [0.5, 0.6) is 0 Å². The summed E-state index contributed by atoms with van der Waals surface area (Å²) in [5.41, 5.74) is 7.35. The van der Waals surface area contributed by atoms with Crippen molar-refractivity contribution in [3.63, 3.8) is 0 Å². The van der Waals surface area contributed by atoms with E-state index < -0.39 is 0 Å². The van der Waals surface area contributed by atoms with Gasteiger partial charge in [-0.1, -0.05) is 35.9 Å². The highest BCUT2D eigenvalue weighted by Gasteiger charge is 2.34. The van der Waals surface area contributed by atoms with E-state index in [-0.39, 0.29) is 11.8 Å². The highest BCUT2D eigenvalue weighted by molar-refractivity contribution is 5.98. The number of hydrogen-bond acceptors (Lipinski definition) is 5. The van der Waals surface area contributed by atoms with E-state index in [4.69, 9.17) is 5.10 Å². The Labute approximate surface area is 205 Å². The Morgan fingerprint density at radius 2 is 1.77 bits per heavy atom. The molecule has 2 aliphatic heterocycles. The zero-order valence-corrected chi connectivity index (χ0v) is 20.5.